The predicted octanol–water partition coefficient (Wildman–Crippen LogP) is 2.70. The molecule has 1 atom stereocenters. The number of carbonyl (C=O) groups is 1. The number of Topliss-reactive ketones (excluding diaryl/α,β-unsaturated/α-hetero) is 1. The number of nitrogens with two attached hydrogens (primary N) is 1. The fourth-order valence-corrected chi connectivity index (χ4v) is 2.55. The summed E-state index contributed by atoms with van der Waals surface area (Å²) < 4.78 is 0. The second-order valence-electron chi connectivity index (χ2n) is 5.55. The number of aryl methyl sites for hydroxylation is 1. The molecule has 0 amide bonds. The summed E-state index contributed by atoms with van der Waals surface area (Å²) in [5.74, 6) is 0.189. The van der Waals surface area contributed by atoms with E-state index in [-0.39, 0.29) is 12.3 Å². The number of anilines is 1. The maximum atomic E-state index is 12.3. The summed E-state index contributed by atoms with van der Waals surface area (Å²) in [7, 11) is 0. The van der Waals surface area contributed by atoms with E-state index in [0.29, 0.717) is 22.2 Å². The van der Waals surface area contributed by atoms with Crippen molar-refractivity contribution in [2.75, 3.05) is 12.3 Å². The van der Waals surface area contributed by atoms with Crippen LogP contribution < -0.4 is 11.1 Å². The van der Waals surface area contributed by atoms with E-state index in [2.05, 4.69) is 11.4 Å². The lowest BCUT2D eigenvalue weighted by atomic mass is 9.97. The second-order valence-corrected chi connectivity index (χ2v) is 5.99. The highest BCUT2D eigenvalue weighted by molar-refractivity contribution is 6.31. The number of rotatable bonds is 5. The smallest absolute Gasteiger partial charge is 0.178 e. The zero-order valence-corrected chi connectivity index (χ0v) is 12.4. The Bertz CT molecular complexity index is 590. The summed E-state index contributed by atoms with van der Waals surface area (Å²) in [6.45, 7) is 3.74. The lowest BCUT2D eigenvalue weighted by Gasteiger charge is -2.22. The summed E-state index contributed by atoms with van der Waals surface area (Å²) in [5, 5.41) is 12.8. The summed E-state index contributed by atoms with van der Waals surface area (Å²) in [6.07, 6.45) is 2.06. The molecule has 5 heteroatoms. The summed E-state index contributed by atoms with van der Waals surface area (Å²) in [4.78, 5) is 12.3. The third-order valence-corrected chi connectivity index (χ3v) is 4.11. The molecule has 1 saturated carbocycles. The molecule has 1 aromatic rings. The number of ketones is 1. The number of hydrogen-bond donors (Lipinski definition) is 2. The number of carbonyl (C=O) groups excluding carboxylic acids is 1. The van der Waals surface area contributed by atoms with E-state index >= 15 is 0 Å². The van der Waals surface area contributed by atoms with Crippen LogP contribution >= 0.6 is 11.6 Å². The van der Waals surface area contributed by atoms with Crippen LogP contribution in [0.2, 0.25) is 5.02 Å². The third kappa shape index (κ3) is 2.95. The van der Waals surface area contributed by atoms with Gasteiger partial charge in [-0.1, -0.05) is 11.6 Å². The SMILES string of the molecule is Cc1cc(Cl)cc(C(=O)CNC(C)(C#N)C2CC2)c1N. The molecule has 0 aromatic heterocycles. The predicted molar refractivity (Wildman–Crippen MR) is 79.7 cm³/mol. The van der Waals surface area contributed by atoms with Gasteiger partial charge < -0.3 is 5.73 Å². The molecule has 2 rings (SSSR count). The van der Waals surface area contributed by atoms with Crippen molar-refractivity contribution in [3.05, 3.63) is 28.3 Å². The number of nitrogen functional groups attached to an aromatic ring is 1. The van der Waals surface area contributed by atoms with Crippen molar-refractivity contribution in [1.82, 2.24) is 5.32 Å². The molecule has 106 valence electrons. The van der Waals surface area contributed by atoms with Crippen LogP contribution in [0, 0.1) is 24.2 Å². The second kappa shape index (κ2) is 5.43. The average molecular weight is 292 g/mol. The first-order chi connectivity index (χ1) is 9.37. The van der Waals surface area contributed by atoms with Crippen molar-refractivity contribution in [2.24, 2.45) is 5.92 Å². The minimum atomic E-state index is -0.641. The molecule has 4 nitrogen and oxygen atoms in total. The van der Waals surface area contributed by atoms with Crippen molar-refractivity contribution in [3.8, 4) is 6.07 Å². The first kappa shape index (κ1) is 14.8. The number of benzene rings is 1. The minimum Gasteiger partial charge on any atom is -0.398 e. The molecule has 1 aliphatic rings. The van der Waals surface area contributed by atoms with Crippen molar-refractivity contribution in [3.63, 3.8) is 0 Å². The molecule has 0 bridgehead atoms. The molecule has 3 N–H and O–H groups in total. The highest BCUT2D eigenvalue weighted by Crippen LogP contribution is 2.39. The van der Waals surface area contributed by atoms with E-state index in [1.165, 1.54) is 0 Å². The van der Waals surface area contributed by atoms with Crippen LogP contribution in [0.3, 0.4) is 0 Å². The zero-order valence-electron chi connectivity index (χ0n) is 11.7. The Balaban J connectivity index is 2.11. The number of nitriles is 1. The molecule has 1 unspecified atom stereocenters. The molecule has 1 fully saturated rings. The topological polar surface area (TPSA) is 78.9 Å². The van der Waals surface area contributed by atoms with Crippen LogP contribution in [0.15, 0.2) is 12.1 Å². The Morgan fingerprint density at radius 3 is 2.80 bits per heavy atom. The Hall–Kier alpha value is -1.57. The minimum absolute atomic E-state index is 0.0878. The van der Waals surface area contributed by atoms with E-state index < -0.39 is 5.54 Å². The summed E-state index contributed by atoms with van der Waals surface area (Å²) in [6, 6.07) is 5.57. The summed E-state index contributed by atoms with van der Waals surface area (Å²) >= 11 is 5.96. The maximum Gasteiger partial charge on any atom is 0.178 e. The van der Waals surface area contributed by atoms with Gasteiger partial charge in [-0.2, -0.15) is 5.26 Å². The van der Waals surface area contributed by atoms with Gasteiger partial charge in [-0.25, -0.2) is 0 Å². The highest BCUT2D eigenvalue weighted by Gasteiger charge is 2.41. The quantitative estimate of drug-likeness (QED) is 0.646. The van der Waals surface area contributed by atoms with Crippen LogP contribution in [-0.2, 0) is 0 Å². The van der Waals surface area contributed by atoms with E-state index in [1.807, 2.05) is 13.8 Å². The monoisotopic (exact) mass is 291 g/mol. The van der Waals surface area contributed by atoms with E-state index in [1.54, 1.807) is 12.1 Å². The number of hydrogen-bond acceptors (Lipinski definition) is 4. The highest BCUT2D eigenvalue weighted by atomic mass is 35.5. The molecular formula is C15H18ClN3O. The largest absolute Gasteiger partial charge is 0.398 e. The fraction of sp³-hybridized carbons (Fsp3) is 0.467. The Kier molecular flexibility index (Phi) is 4.03. The lowest BCUT2D eigenvalue weighted by Crippen LogP contribution is -2.45. The molecule has 0 radical (unpaired) electrons. The average Bonchev–Trinajstić information content (AvgIpc) is 3.24. The normalized spacial score (nSPS) is 17.3. The van der Waals surface area contributed by atoms with E-state index in [4.69, 9.17) is 17.3 Å². The van der Waals surface area contributed by atoms with Crippen molar-refractivity contribution >= 4 is 23.1 Å². The van der Waals surface area contributed by atoms with Gasteiger partial charge in [-0.05, 0) is 50.3 Å². The van der Waals surface area contributed by atoms with Crippen LogP contribution in [0.1, 0.15) is 35.7 Å². The van der Waals surface area contributed by atoms with Crippen LogP contribution in [0.25, 0.3) is 0 Å². The number of nitrogens with one attached hydrogen (secondary N) is 1. The lowest BCUT2D eigenvalue weighted by molar-refractivity contribution is 0.0982. The number of halogens is 1. The van der Waals surface area contributed by atoms with Gasteiger partial charge in [0.1, 0.15) is 5.54 Å². The molecule has 0 heterocycles. The third-order valence-electron chi connectivity index (χ3n) is 3.89. The van der Waals surface area contributed by atoms with Gasteiger partial charge in [-0.3, -0.25) is 10.1 Å². The molecule has 0 spiro atoms. The standard InChI is InChI=1S/C15H18ClN3O/c1-9-5-11(16)6-12(14(9)18)13(20)7-19-15(2,8-17)10-3-4-10/h5-6,10,19H,3-4,7,18H2,1-2H3. The van der Waals surface area contributed by atoms with Gasteiger partial charge in [0.25, 0.3) is 0 Å². The molecule has 0 aliphatic heterocycles. The number of nitrogens with zero attached hydrogens (tertiary/aromatic N) is 1. The zero-order chi connectivity index (χ0) is 14.9. The van der Waals surface area contributed by atoms with E-state index in [9.17, 15) is 10.1 Å². The van der Waals surface area contributed by atoms with Crippen molar-refractivity contribution < 1.29 is 4.79 Å². The summed E-state index contributed by atoms with van der Waals surface area (Å²) in [5.41, 5.74) is 6.93. The van der Waals surface area contributed by atoms with Crippen molar-refractivity contribution in [2.45, 2.75) is 32.2 Å². The van der Waals surface area contributed by atoms with Crippen LogP contribution in [0.5, 0.6) is 0 Å². The molecular weight excluding hydrogens is 274 g/mol. The van der Waals surface area contributed by atoms with Crippen LogP contribution in [-0.4, -0.2) is 17.9 Å². The van der Waals surface area contributed by atoms with Gasteiger partial charge >= 0.3 is 0 Å². The van der Waals surface area contributed by atoms with Gasteiger partial charge in [-0.15, -0.1) is 0 Å². The molecule has 0 saturated heterocycles. The molecule has 1 aliphatic carbocycles. The first-order valence-corrected chi connectivity index (χ1v) is 7.00. The first-order valence-electron chi connectivity index (χ1n) is 6.62. The van der Waals surface area contributed by atoms with E-state index in [0.717, 1.165) is 18.4 Å². The molecule has 20 heavy (non-hydrogen) atoms. The van der Waals surface area contributed by atoms with Gasteiger partial charge in [0, 0.05) is 16.3 Å². The molecule has 1 aromatic carbocycles. The van der Waals surface area contributed by atoms with Crippen LogP contribution in [0.4, 0.5) is 5.69 Å². The maximum absolute atomic E-state index is 12.3. The Morgan fingerprint density at radius 1 is 1.60 bits per heavy atom. The van der Waals surface area contributed by atoms with Crippen molar-refractivity contribution in [1.29, 1.82) is 5.26 Å². The van der Waals surface area contributed by atoms with Gasteiger partial charge in [0.05, 0.1) is 12.6 Å². The van der Waals surface area contributed by atoms with Gasteiger partial charge in [0.2, 0.25) is 0 Å². The van der Waals surface area contributed by atoms with Gasteiger partial charge in [0.15, 0.2) is 5.78 Å². The Morgan fingerprint density at radius 2 is 2.25 bits per heavy atom. The Labute approximate surface area is 123 Å². The fourth-order valence-electron chi connectivity index (χ4n) is 2.28.